The molecule has 0 aliphatic heterocycles. The summed E-state index contributed by atoms with van der Waals surface area (Å²) < 4.78 is 85.7. The standard InChI is InChI=1S/C6H2ClF7O2/c7-3(16)5(10,11)2(6(12,13)14)4(8,9)1-15/h1-2H. The Labute approximate surface area is 88.3 Å². The second-order valence-electron chi connectivity index (χ2n) is 2.66. The summed E-state index contributed by atoms with van der Waals surface area (Å²) in [6.45, 7) is 0. The Morgan fingerprint density at radius 3 is 1.62 bits per heavy atom. The van der Waals surface area contributed by atoms with E-state index in [0.717, 1.165) is 0 Å². The zero-order chi connectivity index (χ0) is 13.4. The molecule has 0 amide bonds. The lowest BCUT2D eigenvalue weighted by Gasteiger charge is -2.29. The average molecular weight is 275 g/mol. The number of hydrogen-bond donors (Lipinski definition) is 0. The highest BCUT2D eigenvalue weighted by Gasteiger charge is 2.70. The van der Waals surface area contributed by atoms with Gasteiger partial charge in [0.1, 0.15) is 0 Å². The second kappa shape index (κ2) is 4.19. The van der Waals surface area contributed by atoms with E-state index < -0.39 is 35.5 Å². The Morgan fingerprint density at radius 1 is 1.06 bits per heavy atom. The van der Waals surface area contributed by atoms with Crippen LogP contribution in [0.2, 0.25) is 0 Å². The van der Waals surface area contributed by atoms with Gasteiger partial charge in [0, 0.05) is 0 Å². The molecule has 94 valence electrons. The van der Waals surface area contributed by atoms with E-state index >= 15 is 0 Å². The Balaban J connectivity index is 5.63. The predicted octanol–water partition coefficient (Wildman–Crippen LogP) is 2.40. The molecular weight excluding hydrogens is 273 g/mol. The van der Waals surface area contributed by atoms with E-state index in [1.165, 1.54) is 0 Å². The molecule has 0 aliphatic rings. The molecule has 0 bridgehead atoms. The maximum atomic E-state index is 12.5. The number of rotatable bonds is 4. The van der Waals surface area contributed by atoms with Crippen LogP contribution in [-0.4, -0.2) is 29.5 Å². The molecule has 0 saturated carbocycles. The van der Waals surface area contributed by atoms with E-state index in [1.807, 2.05) is 0 Å². The van der Waals surface area contributed by atoms with Gasteiger partial charge < -0.3 is 0 Å². The summed E-state index contributed by atoms with van der Waals surface area (Å²) in [5.74, 6) is -15.8. The lowest BCUT2D eigenvalue weighted by atomic mass is 9.94. The molecule has 0 heterocycles. The van der Waals surface area contributed by atoms with Crippen molar-refractivity contribution in [1.82, 2.24) is 0 Å². The predicted molar refractivity (Wildman–Crippen MR) is 36.4 cm³/mol. The van der Waals surface area contributed by atoms with Crippen molar-refractivity contribution in [3.63, 3.8) is 0 Å². The molecule has 0 aromatic heterocycles. The molecule has 16 heavy (non-hydrogen) atoms. The minimum absolute atomic E-state index is 1.61. The highest BCUT2D eigenvalue weighted by atomic mass is 35.5. The van der Waals surface area contributed by atoms with Gasteiger partial charge in [-0.3, -0.25) is 9.59 Å². The largest absolute Gasteiger partial charge is 0.404 e. The van der Waals surface area contributed by atoms with Crippen LogP contribution in [0.25, 0.3) is 0 Å². The van der Waals surface area contributed by atoms with Crippen LogP contribution in [0.4, 0.5) is 30.7 Å². The Bertz CT molecular complexity index is 298. The van der Waals surface area contributed by atoms with Crippen molar-refractivity contribution in [2.24, 2.45) is 5.92 Å². The number of carbonyl (C=O) groups excluding carboxylic acids is 2. The van der Waals surface area contributed by atoms with Gasteiger partial charge in [-0.25, -0.2) is 0 Å². The Kier molecular flexibility index (Phi) is 3.96. The highest BCUT2D eigenvalue weighted by Crippen LogP contribution is 2.47. The van der Waals surface area contributed by atoms with Gasteiger partial charge in [-0.2, -0.15) is 30.7 Å². The summed E-state index contributed by atoms with van der Waals surface area (Å²) >= 11 is 4.10. The van der Waals surface area contributed by atoms with Crippen LogP contribution in [0.5, 0.6) is 0 Å². The van der Waals surface area contributed by atoms with Crippen molar-refractivity contribution in [1.29, 1.82) is 0 Å². The molecule has 0 radical (unpaired) electrons. The van der Waals surface area contributed by atoms with Crippen LogP contribution in [0.1, 0.15) is 0 Å². The van der Waals surface area contributed by atoms with E-state index in [4.69, 9.17) is 0 Å². The summed E-state index contributed by atoms with van der Waals surface area (Å²) in [6, 6.07) is 0. The van der Waals surface area contributed by atoms with E-state index in [1.54, 1.807) is 0 Å². The molecule has 0 aromatic carbocycles. The zero-order valence-corrected chi connectivity index (χ0v) is 7.75. The minimum Gasteiger partial charge on any atom is -0.297 e. The van der Waals surface area contributed by atoms with Crippen LogP contribution < -0.4 is 0 Å². The molecule has 2 nitrogen and oxygen atoms in total. The zero-order valence-electron chi connectivity index (χ0n) is 6.99. The first kappa shape index (κ1) is 15.1. The highest BCUT2D eigenvalue weighted by molar-refractivity contribution is 6.65. The maximum absolute atomic E-state index is 12.5. The lowest BCUT2D eigenvalue weighted by Crippen LogP contribution is -2.54. The van der Waals surface area contributed by atoms with Crippen molar-refractivity contribution in [2.45, 2.75) is 18.0 Å². The summed E-state index contributed by atoms with van der Waals surface area (Å²) in [5.41, 5.74) is 0. The molecule has 0 saturated heterocycles. The summed E-state index contributed by atoms with van der Waals surface area (Å²) in [4.78, 5) is 19.6. The fraction of sp³-hybridized carbons (Fsp3) is 0.667. The van der Waals surface area contributed by atoms with E-state index in [2.05, 4.69) is 11.6 Å². The number of alkyl halides is 7. The SMILES string of the molecule is O=CC(F)(F)C(C(F)(F)F)C(F)(F)C(=O)Cl. The number of halogens is 8. The van der Waals surface area contributed by atoms with Gasteiger partial charge in [-0.1, -0.05) is 0 Å². The summed E-state index contributed by atoms with van der Waals surface area (Å²) in [7, 11) is 0. The van der Waals surface area contributed by atoms with Gasteiger partial charge in [0.25, 0.3) is 5.24 Å². The third-order valence-corrected chi connectivity index (χ3v) is 1.75. The van der Waals surface area contributed by atoms with E-state index in [9.17, 15) is 40.3 Å². The van der Waals surface area contributed by atoms with Crippen LogP contribution in [0, 0.1) is 5.92 Å². The fourth-order valence-corrected chi connectivity index (χ4v) is 0.956. The monoisotopic (exact) mass is 274 g/mol. The lowest BCUT2D eigenvalue weighted by molar-refractivity contribution is -0.282. The van der Waals surface area contributed by atoms with Crippen molar-refractivity contribution < 1.29 is 40.3 Å². The third-order valence-electron chi connectivity index (χ3n) is 1.49. The Hall–Kier alpha value is -0.860. The number of hydrogen-bond acceptors (Lipinski definition) is 2. The molecule has 0 spiro atoms. The van der Waals surface area contributed by atoms with Gasteiger partial charge in [0.15, 0.2) is 12.2 Å². The second-order valence-corrected chi connectivity index (χ2v) is 3.01. The topological polar surface area (TPSA) is 34.1 Å². The van der Waals surface area contributed by atoms with Crippen LogP contribution >= 0.6 is 11.6 Å². The van der Waals surface area contributed by atoms with Crippen LogP contribution in [0.15, 0.2) is 0 Å². The molecule has 0 fully saturated rings. The molecule has 0 aliphatic carbocycles. The quantitative estimate of drug-likeness (QED) is 0.448. The number of aldehydes is 1. The number of carbonyl (C=O) groups is 2. The third kappa shape index (κ3) is 2.83. The first-order valence-electron chi connectivity index (χ1n) is 3.36. The van der Waals surface area contributed by atoms with Gasteiger partial charge >= 0.3 is 18.0 Å². The molecule has 0 rings (SSSR count). The van der Waals surface area contributed by atoms with Crippen LogP contribution in [-0.2, 0) is 9.59 Å². The molecule has 10 heteroatoms. The first-order chi connectivity index (χ1) is 6.87. The molecule has 0 N–H and O–H groups in total. The van der Waals surface area contributed by atoms with Gasteiger partial charge in [-0.15, -0.1) is 0 Å². The van der Waals surface area contributed by atoms with E-state index in [-0.39, 0.29) is 0 Å². The summed E-state index contributed by atoms with van der Waals surface area (Å²) in [6.07, 6.45) is -7.78. The normalized spacial score (nSPS) is 15.8. The van der Waals surface area contributed by atoms with Crippen molar-refractivity contribution in [2.75, 3.05) is 0 Å². The Morgan fingerprint density at radius 2 is 1.44 bits per heavy atom. The fourth-order valence-electron chi connectivity index (χ4n) is 0.847. The first-order valence-corrected chi connectivity index (χ1v) is 3.73. The average Bonchev–Trinajstić information content (AvgIpc) is 1.99. The molecule has 1 unspecified atom stereocenters. The van der Waals surface area contributed by atoms with E-state index in [0.29, 0.717) is 0 Å². The molecular formula is C6H2ClF7O2. The minimum atomic E-state index is -6.17. The van der Waals surface area contributed by atoms with Gasteiger partial charge in [0.2, 0.25) is 0 Å². The smallest absolute Gasteiger partial charge is 0.297 e. The van der Waals surface area contributed by atoms with Gasteiger partial charge in [0.05, 0.1) is 0 Å². The maximum Gasteiger partial charge on any atom is 0.404 e. The van der Waals surface area contributed by atoms with Gasteiger partial charge in [-0.05, 0) is 11.6 Å². The van der Waals surface area contributed by atoms with Crippen molar-refractivity contribution in [3.8, 4) is 0 Å². The van der Waals surface area contributed by atoms with Crippen LogP contribution in [0.3, 0.4) is 0 Å². The summed E-state index contributed by atoms with van der Waals surface area (Å²) in [5, 5.41) is -2.92. The van der Waals surface area contributed by atoms with Crippen molar-refractivity contribution in [3.05, 3.63) is 0 Å². The molecule has 0 aromatic rings. The molecule has 1 atom stereocenters. The van der Waals surface area contributed by atoms with Crippen molar-refractivity contribution >= 4 is 23.1 Å².